The Morgan fingerprint density at radius 1 is 1.47 bits per heavy atom. The standard InChI is InChI=1S/C13H16N2OS/c1-10-7-13(11(8-14)9-15-10)16-5-4-12-3-2-6-17-12/h2-3,6-7,9H,4-5,8,14H2,1H3. The fourth-order valence-electron chi connectivity index (χ4n) is 1.57. The fourth-order valence-corrected chi connectivity index (χ4v) is 2.26. The fraction of sp³-hybridized carbons (Fsp3) is 0.308. The summed E-state index contributed by atoms with van der Waals surface area (Å²) in [6, 6.07) is 6.12. The molecular formula is C13H16N2OS. The van der Waals surface area contributed by atoms with Crippen LogP contribution in [0.25, 0.3) is 0 Å². The predicted molar refractivity (Wildman–Crippen MR) is 70.4 cm³/mol. The van der Waals surface area contributed by atoms with Crippen molar-refractivity contribution in [3.63, 3.8) is 0 Å². The highest BCUT2D eigenvalue weighted by atomic mass is 32.1. The average molecular weight is 248 g/mol. The van der Waals surface area contributed by atoms with Crippen LogP contribution >= 0.6 is 11.3 Å². The zero-order valence-corrected chi connectivity index (χ0v) is 10.7. The normalized spacial score (nSPS) is 10.5. The molecule has 0 radical (unpaired) electrons. The predicted octanol–water partition coefficient (Wildman–Crippen LogP) is 2.53. The topological polar surface area (TPSA) is 48.1 Å². The lowest BCUT2D eigenvalue weighted by Crippen LogP contribution is -2.06. The summed E-state index contributed by atoms with van der Waals surface area (Å²) in [6.45, 7) is 3.09. The van der Waals surface area contributed by atoms with Crippen molar-refractivity contribution in [3.05, 3.63) is 45.9 Å². The summed E-state index contributed by atoms with van der Waals surface area (Å²) >= 11 is 1.75. The van der Waals surface area contributed by atoms with Crippen molar-refractivity contribution in [2.24, 2.45) is 5.73 Å². The third kappa shape index (κ3) is 3.28. The molecule has 2 aromatic heterocycles. The van der Waals surface area contributed by atoms with Crippen molar-refractivity contribution in [1.29, 1.82) is 0 Å². The first-order valence-corrected chi connectivity index (χ1v) is 6.48. The number of hydrogen-bond acceptors (Lipinski definition) is 4. The minimum atomic E-state index is 0.460. The number of aromatic nitrogens is 1. The van der Waals surface area contributed by atoms with E-state index in [2.05, 4.69) is 22.5 Å². The Kier molecular flexibility index (Phi) is 4.12. The molecule has 0 aliphatic rings. The molecular weight excluding hydrogens is 232 g/mol. The van der Waals surface area contributed by atoms with Crippen LogP contribution < -0.4 is 10.5 Å². The molecule has 3 nitrogen and oxygen atoms in total. The number of hydrogen-bond donors (Lipinski definition) is 1. The SMILES string of the molecule is Cc1cc(OCCc2cccs2)c(CN)cn1. The van der Waals surface area contributed by atoms with Gasteiger partial charge in [-0.3, -0.25) is 4.98 Å². The van der Waals surface area contributed by atoms with Gasteiger partial charge in [-0.2, -0.15) is 0 Å². The van der Waals surface area contributed by atoms with Gasteiger partial charge in [0.15, 0.2) is 0 Å². The Hall–Kier alpha value is -1.39. The Bertz CT molecular complexity index is 468. The number of ether oxygens (including phenoxy) is 1. The molecule has 0 aliphatic carbocycles. The van der Waals surface area contributed by atoms with Crippen LogP contribution in [-0.2, 0) is 13.0 Å². The lowest BCUT2D eigenvalue weighted by molar-refractivity contribution is 0.319. The van der Waals surface area contributed by atoms with Gasteiger partial charge in [0.2, 0.25) is 0 Å². The summed E-state index contributed by atoms with van der Waals surface area (Å²) in [6.07, 6.45) is 2.72. The molecule has 0 spiro atoms. The molecule has 4 heteroatoms. The third-order valence-corrected chi connectivity index (χ3v) is 3.42. The van der Waals surface area contributed by atoms with Gasteiger partial charge in [0.25, 0.3) is 0 Å². The highest BCUT2D eigenvalue weighted by Gasteiger charge is 2.03. The molecule has 17 heavy (non-hydrogen) atoms. The second-order valence-electron chi connectivity index (χ2n) is 3.82. The molecule has 0 unspecified atom stereocenters. The molecule has 0 amide bonds. The summed E-state index contributed by atoms with van der Waals surface area (Å²) in [5.41, 5.74) is 7.56. The number of pyridine rings is 1. The monoisotopic (exact) mass is 248 g/mol. The van der Waals surface area contributed by atoms with Gasteiger partial charge >= 0.3 is 0 Å². The molecule has 0 aliphatic heterocycles. The number of nitrogens with zero attached hydrogens (tertiary/aromatic N) is 1. The van der Waals surface area contributed by atoms with Gasteiger partial charge in [0.05, 0.1) is 6.61 Å². The van der Waals surface area contributed by atoms with E-state index >= 15 is 0 Å². The average Bonchev–Trinajstić information content (AvgIpc) is 2.82. The van der Waals surface area contributed by atoms with Gasteiger partial charge in [-0.25, -0.2) is 0 Å². The van der Waals surface area contributed by atoms with Crippen LogP contribution in [0.15, 0.2) is 29.8 Å². The van der Waals surface area contributed by atoms with Crippen molar-refractivity contribution in [1.82, 2.24) is 4.98 Å². The van der Waals surface area contributed by atoms with Gasteiger partial charge in [0.1, 0.15) is 5.75 Å². The Morgan fingerprint density at radius 2 is 2.35 bits per heavy atom. The summed E-state index contributed by atoms with van der Waals surface area (Å²) in [5.74, 6) is 0.858. The number of rotatable bonds is 5. The largest absolute Gasteiger partial charge is 0.493 e. The Labute approximate surface area is 105 Å². The molecule has 0 fully saturated rings. The zero-order valence-electron chi connectivity index (χ0n) is 9.85. The van der Waals surface area contributed by atoms with Crippen molar-refractivity contribution in [2.45, 2.75) is 19.9 Å². The van der Waals surface area contributed by atoms with Crippen molar-refractivity contribution < 1.29 is 4.74 Å². The first-order valence-electron chi connectivity index (χ1n) is 5.60. The Balaban J connectivity index is 1.96. The van der Waals surface area contributed by atoms with Gasteiger partial charge in [0, 0.05) is 41.4 Å². The molecule has 0 atom stereocenters. The highest BCUT2D eigenvalue weighted by molar-refractivity contribution is 7.09. The van der Waals surface area contributed by atoms with Gasteiger partial charge in [-0.1, -0.05) is 6.07 Å². The van der Waals surface area contributed by atoms with E-state index in [1.165, 1.54) is 4.88 Å². The molecule has 0 bridgehead atoms. The van der Waals surface area contributed by atoms with Crippen molar-refractivity contribution in [3.8, 4) is 5.75 Å². The highest BCUT2D eigenvalue weighted by Crippen LogP contribution is 2.18. The minimum absolute atomic E-state index is 0.460. The maximum Gasteiger partial charge on any atom is 0.127 e. The lowest BCUT2D eigenvalue weighted by Gasteiger charge is -2.10. The molecule has 2 aromatic rings. The molecule has 2 heterocycles. The van der Waals surface area contributed by atoms with Crippen molar-refractivity contribution >= 4 is 11.3 Å². The van der Waals surface area contributed by atoms with E-state index in [1.807, 2.05) is 13.0 Å². The lowest BCUT2D eigenvalue weighted by atomic mass is 10.2. The second-order valence-corrected chi connectivity index (χ2v) is 4.85. The van der Waals surface area contributed by atoms with E-state index in [0.717, 1.165) is 23.4 Å². The number of nitrogens with two attached hydrogens (primary N) is 1. The molecule has 2 rings (SSSR count). The minimum Gasteiger partial charge on any atom is -0.493 e. The molecule has 90 valence electrons. The van der Waals surface area contributed by atoms with E-state index in [1.54, 1.807) is 17.5 Å². The molecule has 0 saturated carbocycles. The van der Waals surface area contributed by atoms with E-state index in [0.29, 0.717) is 13.2 Å². The van der Waals surface area contributed by atoms with Crippen molar-refractivity contribution in [2.75, 3.05) is 6.61 Å². The number of aryl methyl sites for hydroxylation is 1. The third-order valence-electron chi connectivity index (χ3n) is 2.49. The maximum atomic E-state index is 5.77. The van der Waals surface area contributed by atoms with E-state index in [4.69, 9.17) is 10.5 Å². The molecule has 2 N–H and O–H groups in total. The molecule has 0 saturated heterocycles. The van der Waals surface area contributed by atoms with E-state index in [-0.39, 0.29) is 0 Å². The number of thiophene rings is 1. The summed E-state index contributed by atoms with van der Waals surface area (Å²) in [7, 11) is 0. The van der Waals surface area contributed by atoms with E-state index < -0.39 is 0 Å². The summed E-state index contributed by atoms with van der Waals surface area (Å²) in [5, 5.41) is 2.08. The van der Waals surface area contributed by atoms with Crippen LogP contribution in [-0.4, -0.2) is 11.6 Å². The first kappa shape index (κ1) is 12.1. The summed E-state index contributed by atoms with van der Waals surface area (Å²) < 4.78 is 5.77. The first-order chi connectivity index (χ1) is 8.29. The van der Waals surface area contributed by atoms with Crippen LogP contribution in [0, 0.1) is 6.92 Å². The van der Waals surface area contributed by atoms with E-state index in [9.17, 15) is 0 Å². The Morgan fingerprint density at radius 3 is 3.06 bits per heavy atom. The van der Waals surface area contributed by atoms with Crippen LogP contribution in [0.5, 0.6) is 5.75 Å². The van der Waals surface area contributed by atoms with Crippen LogP contribution in [0.2, 0.25) is 0 Å². The zero-order chi connectivity index (χ0) is 12.1. The van der Waals surface area contributed by atoms with Crippen LogP contribution in [0.1, 0.15) is 16.1 Å². The van der Waals surface area contributed by atoms with Gasteiger partial charge < -0.3 is 10.5 Å². The maximum absolute atomic E-state index is 5.77. The quantitative estimate of drug-likeness (QED) is 0.884. The van der Waals surface area contributed by atoms with Crippen LogP contribution in [0.3, 0.4) is 0 Å². The van der Waals surface area contributed by atoms with Crippen LogP contribution in [0.4, 0.5) is 0 Å². The molecule has 0 aromatic carbocycles. The second kappa shape index (κ2) is 5.80. The summed E-state index contributed by atoms with van der Waals surface area (Å²) in [4.78, 5) is 5.55. The van der Waals surface area contributed by atoms with Gasteiger partial charge in [-0.05, 0) is 18.4 Å². The smallest absolute Gasteiger partial charge is 0.127 e. The van der Waals surface area contributed by atoms with Gasteiger partial charge in [-0.15, -0.1) is 11.3 Å².